The zero-order chi connectivity index (χ0) is 12.4. The number of rotatable bonds is 2. The van der Waals surface area contributed by atoms with Gasteiger partial charge < -0.3 is 19.7 Å². The molecule has 0 aromatic carbocycles. The average molecular weight is 303 g/mol. The molecule has 1 amide bonds. The van der Waals surface area contributed by atoms with Gasteiger partial charge in [0.2, 0.25) is 0 Å². The molecule has 0 aliphatic carbocycles. The summed E-state index contributed by atoms with van der Waals surface area (Å²) in [4.78, 5) is 27.1. The number of amides is 1. The second-order valence-corrected chi connectivity index (χ2v) is 4.60. The van der Waals surface area contributed by atoms with Gasteiger partial charge in [-0.05, 0) is 22.0 Å². The number of aromatic nitrogens is 1. The molecule has 0 unspecified atom stereocenters. The molecule has 0 saturated carbocycles. The van der Waals surface area contributed by atoms with Crippen molar-refractivity contribution in [2.24, 2.45) is 0 Å². The van der Waals surface area contributed by atoms with Crippen molar-refractivity contribution < 1.29 is 19.4 Å². The first-order chi connectivity index (χ1) is 8.08. The smallest absolute Gasteiger partial charge is 0.334 e. The molecule has 1 aliphatic heterocycles. The highest BCUT2D eigenvalue weighted by Crippen LogP contribution is 2.14. The molecule has 1 aromatic rings. The van der Waals surface area contributed by atoms with Crippen LogP contribution < -0.4 is 0 Å². The maximum atomic E-state index is 12.0. The molecule has 1 aromatic heterocycles. The number of nitrogens with zero attached hydrogens (tertiary/aromatic N) is 1. The highest BCUT2D eigenvalue weighted by atomic mass is 79.9. The maximum Gasteiger partial charge on any atom is 0.334 e. The van der Waals surface area contributed by atoms with Gasteiger partial charge in [-0.3, -0.25) is 4.79 Å². The van der Waals surface area contributed by atoms with Crippen molar-refractivity contribution in [2.45, 2.75) is 6.10 Å². The third kappa shape index (κ3) is 2.67. The van der Waals surface area contributed by atoms with Crippen LogP contribution in [-0.2, 0) is 9.53 Å². The molecular weight excluding hydrogens is 292 g/mol. The Morgan fingerprint density at radius 2 is 2.35 bits per heavy atom. The lowest BCUT2D eigenvalue weighted by molar-refractivity contribution is -0.154. The minimum absolute atomic E-state index is 0.0742. The average Bonchev–Trinajstić information content (AvgIpc) is 2.75. The summed E-state index contributed by atoms with van der Waals surface area (Å²) in [6.07, 6.45) is 0.716. The normalized spacial score (nSPS) is 20.3. The third-order valence-electron chi connectivity index (χ3n) is 2.51. The molecule has 2 rings (SSSR count). The number of carbonyl (C=O) groups is 2. The second-order valence-electron chi connectivity index (χ2n) is 3.68. The molecule has 2 N–H and O–H groups in total. The minimum atomic E-state index is -1.05. The van der Waals surface area contributed by atoms with E-state index in [0.717, 1.165) is 4.47 Å². The SMILES string of the molecule is O=C(O)[C@H]1CN(C(=O)c2cc(Br)c[nH]2)CCO1. The second kappa shape index (κ2) is 4.89. The number of aliphatic carboxylic acids is 1. The van der Waals surface area contributed by atoms with Gasteiger partial charge in [0.25, 0.3) is 5.91 Å². The third-order valence-corrected chi connectivity index (χ3v) is 2.97. The van der Waals surface area contributed by atoms with E-state index in [1.54, 1.807) is 12.3 Å². The number of aromatic amines is 1. The Morgan fingerprint density at radius 3 is 2.94 bits per heavy atom. The maximum absolute atomic E-state index is 12.0. The highest BCUT2D eigenvalue weighted by molar-refractivity contribution is 9.10. The summed E-state index contributed by atoms with van der Waals surface area (Å²) in [5.41, 5.74) is 0.433. The van der Waals surface area contributed by atoms with Crippen molar-refractivity contribution in [1.82, 2.24) is 9.88 Å². The van der Waals surface area contributed by atoms with Crippen LogP contribution in [0.5, 0.6) is 0 Å². The Kier molecular flexibility index (Phi) is 3.49. The van der Waals surface area contributed by atoms with E-state index in [0.29, 0.717) is 12.2 Å². The number of carboxylic acid groups (broad SMARTS) is 1. The van der Waals surface area contributed by atoms with E-state index in [-0.39, 0.29) is 19.1 Å². The zero-order valence-electron chi connectivity index (χ0n) is 8.85. The van der Waals surface area contributed by atoms with Crippen LogP contribution >= 0.6 is 15.9 Å². The lowest BCUT2D eigenvalue weighted by atomic mass is 10.2. The van der Waals surface area contributed by atoms with E-state index in [2.05, 4.69) is 20.9 Å². The van der Waals surface area contributed by atoms with Crippen molar-refractivity contribution in [1.29, 1.82) is 0 Å². The standard InChI is InChI=1S/C10H11BrN2O4/c11-6-3-7(12-4-6)9(14)13-1-2-17-8(5-13)10(15)16/h3-4,8,12H,1-2,5H2,(H,15,16)/t8-/m1/s1. The molecule has 0 bridgehead atoms. The number of halogens is 1. The molecular formula is C10H11BrN2O4. The summed E-state index contributed by atoms with van der Waals surface area (Å²) in [5, 5.41) is 8.83. The first-order valence-electron chi connectivity index (χ1n) is 5.05. The van der Waals surface area contributed by atoms with Crippen molar-refractivity contribution in [2.75, 3.05) is 19.7 Å². The number of ether oxygens (including phenoxy) is 1. The fraction of sp³-hybridized carbons (Fsp3) is 0.400. The Morgan fingerprint density at radius 1 is 1.59 bits per heavy atom. The first-order valence-corrected chi connectivity index (χ1v) is 5.85. The first kappa shape index (κ1) is 12.1. The van der Waals surface area contributed by atoms with Crippen LogP contribution in [0.1, 0.15) is 10.5 Å². The van der Waals surface area contributed by atoms with Crippen LogP contribution in [0.3, 0.4) is 0 Å². The number of hydrogen-bond acceptors (Lipinski definition) is 3. The molecule has 0 spiro atoms. The number of nitrogens with one attached hydrogen (secondary N) is 1. The molecule has 17 heavy (non-hydrogen) atoms. The molecule has 1 aliphatic rings. The van der Waals surface area contributed by atoms with E-state index in [1.165, 1.54) is 4.90 Å². The van der Waals surface area contributed by atoms with Crippen LogP contribution in [0.2, 0.25) is 0 Å². The molecule has 1 saturated heterocycles. The highest BCUT2D eigenvalue weighted by Gasteiger charge is 2.29. The van der Waals surface area contributed by atoms with Crippen molar-refractivity contribution >= 4 is 27.8 Å². The van der Waals surface area contributed by atoms with E-state index in [9.17, 15) is 9.59 Å². The van der Waals surface area contributed by atoms with Gasteiger partial charge in [0.15, 0.2) is 6.10 Å². The summed E-state index contributed by atoms with van der Waals surface area (Å²) in [7, 11) is 0. The van der Waals surface area contributed by atoms with Crippen LogP contribution in [0.25, 0.3) is 0 Å². The fourth-order valence-corrected chi connectivity index (χ4v) is 1.99. The lowest BCUT2D eigenvalue weighted by Crippen LogP contribution is -2.48. The Labute approximate surface area is 106 Å². The number of carbonyl (C=O) groups excluding carboxylic acids is 1. The van der Waals surface area contributed by atoms with Gasteiger partial charge in [-0.15, -0.1) is 0 Å². The summed E-state index contributed by atoms with van der Waals surface area (Å²) >= 11 is 3.24. The topological polar surface area (TPSA) is 82.6 Å². The summed E-state index contributed by atoms with van der Waals surface area (Å²) in [6, 6.07) is 1.66. The molecule has 1 fully saturated rings. The molecule has 0 radical (unpaired) electrons. The van der Waals surface area contributed by atoms with E-state index >= 15 is 0 Å². The van der Waals surface area contributed by atoms with Gasteiger partial charge in [0.1, 0.15) is 5.69 Å². The Bertz CT molecular complexity index is 445. The monoisotopic (exact) mass is 302 g/mol. The van der Waals surface area contributed by atoms with Gasteiger partial charge in [-0.25, -0.2) is 4.79 Å². The van der Waals surface area contributed by atoms with E-state index in [4.69, 9.17) is 9.84 Å². The van der Waals surface area contributed by atoms with Gasteiger partial charge in [0.05, 0.1) is 13.2 Å². The quantitative estimate of drug-likeness (QED) is 0.842. The number of morpholine rings is 1. The van der Waals surface area contributed by atoms with E-state index in [1.807, 2.05) is 0 Å². The van der Waals surface area contributed by atoms with Crippen LogP contribution in [0.4, 0.5) is 0 Å². The molecule has 6 nitrogen and oxygen atoms in total. The largest absolute Gasteiger partial charge is 0.479 e. The number of H-pyrrole nitrogens is 1. The van der Waals surface area contributed by atoms with Crippen LogP contribution in [-0.4, -0.2) is 52.7 Å². The van der Waals surface area contributed by atoms with Crippen molar-refractivity contribution in [3.63, 3.8) is 0 Å². The molecule has 7 heteroatoms. The van der Waals surface area contributed by atoms with Gasteiger partial charge >= 0.3 is 5.97 Å². The number of carboxylic acids is 1. The lowest BCUT2D eigenvalue weighted by Gasteiger charge is -2.30. The van der Waals surface area contributed by atoms with Gasteiger partial charge in [-0.2, -0.15) is 0 Å². The van der Waals surface area contributed by atoms with Crippen LogP contribution in [0.15, 0.2) is 16.7 Å². The van der Waals surface area contributed by atoms with Gasteiger partial charge in [-0.1, -0.05) is 0 Å². The van der Waals surface area contributed by atoms with Crippen LogP contribution in [0, 0.1) is 0 Å². The number of hydrogen-bond donors (Lipinski definition) is 2. The predicted octanol–water partition coefficient (Wildman–Crippen LogP) is 0.703. The Balaban J connectivity index is 2.07. The predicted molar refractivity (Wildman–Crippen MR) is 61.8 cm³/mol. The van der Waals surface area contributed by atoms with E-state index < -0.39 is 12.1 Å². The van der Waals surface area contributed by atoms with Crippen molar-refractivity contribution in [3.05, 3.63) is 22.4 Å². The van der Waals surface area contributed by atoms with Crippen molar-refractivity contribution in [3.8, 4) is 0 Å². The minimum Gasteiger partial charge on any atom is -0.479 e. The summed E-state index contributed by atoms with van der Waals surface area (Å²) in [6.45, 7) is 0.717. The molecule has 2 heterocycles. The summed E-state index contributed by atoms with van der Waals surface area (Å²) < 4.78 is 5.83. The van der Waals surface area contributed by atoms with Gasteiger partial charge in [0, 0.05) is 17.2 Å². The zero-order valence-corrected chi connectivity index (χ0v) is 10.4. The fourth-order valence-electron chi connectivity index (χ4n) is 1.64. The molecule has 92 valence electrons. The summed E-state index contributed by atoms with van der Waals surface area (Å²) in [5.74, 6) is -1.26. The molecule has 1 atom stereocenters. The Hall–Kier alpha value is -1.34.